The van der Waals surface area contributed by atoms with Crippen LogP contribution in [0.4, 0.5) is 0 Å². The number of nitrogens with zero attached hydrogens (tertiary/aromatic N) is 1. The van der Waals surface area contributed by atoms with Crippen molar-refractivity contribution in [2.75, 3.05) is 13.1 Å². The number of nitrogens with two attached hydrogens (primary N) is 1. The molecule has 0 unspecified atom stereocenters. The first-order chi connectivity index (χ1) is 12.1. The monoisotopic (exact) mass is 338 g/mol. The van der Waals surface area contributed by atoms with Crippen molar-refractivity contribution in [2.45, 2.75) is 25.6 Å². The first-order valence-corrected chi connectivity index (χ1v) is 8.48. The number of hydrogen-bond acceptors (Lipinski definition) is 3. The fourth-order valence-electron chi connectivity index (χ4n) is 2.97. The van der Waals surface area contributed by atoms with Crippen LogP contribution in [0, 0.1) is 0 Å². The Labute approximate surface area is 147 Å². The zero-order valence-electron chi connectivity index (χ0n) is 14.1. The Morgan fingerprint density at radius 1 is 0.960 bits per heavy atom. The maximum atomic E-state index is 12.5. The SMILES string of the molecule is NC(=O)c1ccc(C(=O)N2CCC(OCc3ccccc3)CC2)cc1. The van der Waals surface area contributed by atoms with Crippen LogP contribution in [0.1, 0.15) is 39.1 Å². The third-order valence-corrected chi connectivity index (χ3v) is 4.47. The van der Waals surface area contributed by atoms with Crippen molar-refractivity contribution in [3.8, 4) is 0 Å². The second kappa shape index (κ2) is 7.94. The van der Waals surface area contributed by atoms with Crippen molar-refractivity contribution < 1.29 is 14.3 Å². The maximum Gasteiger partial charge on any atom is 0.253 e. The van der Waals surface area contributed by atoms with Gasteiger partial charge in [0.15, 0.2) is 0 Å². The molecule has 3 rings (SSSR count). The number of carbonyl (C=O) groups excluding carboxylic acids is 2. The molecule has 1 aliphatic rings. The van der Waals surface area contributed by atoms with Gasteiger partial charge in [0.25, 0.3) is 5.91 Å². The smallest absolute Gasteiger partial charge is 0.253 e. The lowest BCUT2D eigenvalue weighted by molar-refractivity contribution is -0.000383. The van der Waals surface area contributed by atoms with Crippen LogP contribution in [0.2, 0.25) is 0 Å². The molecule has 0 saturated carbocycles. The molecule has 0 atom stereocenters. The van der Waals surface area contributed by atoms with Crippen molar-refractivity contribution in [2.24, 2.45) is 5.73 Å². The Morgan fingerprint density at radius 3 is 2.16 bits per heavy atom. The van der Waals surface area contributed by atoms with Gasteiger partial charge in [0.1, 0.15) is 0 Å². The summed E-state index contributed by atoms with van der Waals surface area (Å²) in [6.45, 7) is 1.96. The van der Waals surface area contributed by atoms with Crippen LogP contribution >= 0.6 is 0 Å². The number of ether oxygens (including phenoxy) is 1. The summed E-state index contributed by atoms with van der Waals surface area (Å²) in [5.41, 5.74) is 7.37. The van der Waals surface area contributed by atoms with Crippen molar-refractivity contribution in [1.29, 1.82) is 0 Å². The van der Waals surface area contributed by atoms with Crippen LogP contribution in [0.3, 0.4) is 0 Å². The number of likely N-dealkylation sites (tertiary alicyclic amines) is 1. The van der Waals surface area contributed by atoms with Crippen LogP contribution in [0.5, 0.6) is 0 Å². The second-order valence-electron chi connectivity index (χ2n) is 6.23. The summed E-state index contributed by atoms with van der Waals surface area (Å²) in [7, 11) is 0. The van der Waals surface area contributed by atoms with E-state index in [1.807, 2.05) is 23.1 Å². The molecule has 1 fully saturated rings. The Kier molecular flexibility index (Phi) is 5.46. The fraction of sp³-hybridized carbons (Fsp3) is 0.300. The summed E-state index contributed by atoms with van der Waals surface area (Å²) in [6.07, 6.45) is 1.84. The normalized spacial score (nSPS) is 15.1. The molecular formula is C20H22N2O3. The zero-order chi connectivity index (χ0) is 17.6. The molecule has 0 radical (unpaired) electrons. The largest absolute Gasteiger partial charge is 0.373 e. The van der Waals surface area contributed by atoms with E-state index >= 15 is 0 Å². The van der Waals surface area contributed by atoms with Gasteiger partial charge in [-0.3, -0.25) is 9.59 Å². The fourth-order valence-corrected chi connectivity index (χ4v) is 2.97. The van der Waals surface area contributed by atoms with Crippen LogP contribution in [0.15, 0.2) is 54.6 Å². The molecule has 1 heterocycles. The summed E-state index contributed by atoms with van der Waals surface area (Å²) in [4.78, 5) is 25.5. The lowest BCUT2D eigenvalue weighted by Crippen LogP contribution is -2.40. The first kappa shape index (κ1) is 17.2. The Morgan fingerprint density at radius 2 is 1.56 bits per heavy atom. The minimum atomic E-state index is -0.490. The lowest BCUT2D eigenvalue weighted by atomic mass is 10.1. The van der Waals surface area contributed by atoms with Gasteiger partial charge in [0.05, 0.1) is 12.7 Å². The van der Waals surface area contributed by atoms with Gasteiger partial charge < -0.3 is 15.4 Å². The molecule has 1 saturated heterocycles. The van der Waals surface area contributed by atoms with E-state index < -0.39 is 5.91 Å². The van der Waals surface area contributed by atoms with Crippen molar-refractivity contribution in [3.05, 3.63) is 71.3 Å². The van der Waals surface area contributed by atoms with E-state index in [1.54, 1.807) is 24.3 Å². The van der Waals surface area contributed by atoms with Gasteiger partial charge in [-0.2, -0.15) is 0 Å². The third kappa shape index (κ3) is 4.45. The predicted octanol–water partition coefficient (Wildman–Crippen LogP) is 2.61. The minimum Gasteiger partial charge on any atom is -0.373 e. The van der Waals surface area contributed by atoms with Gasteiger partial charge >= 0.3 is 0 Å². The van der Waals surface area contributed by atoms with E-state index in [2.05, 4.69) is 12.1 Å². The molecular weight excluding hydrogens is 316 g/mol. The molecule has 2 amide bonds. The van der Waals surface area contributed by atoms with Crippen LogP contribution in [-0.4, -0.2) is 35.9 Å². The van der Waals surface area contributed by atoms with E-state index in [9.17, 15) is 9.59 Å². The summed E-state index contributed by atoms with van der Waals surface area (Å²) in [6, 6.07) is 16.6. The van der Waals surface area contributed by atoms with Crippen LogP contribution in [-0.2, 0) is 11.3 Å². The van der Waals surface area contributed by atoms with Crippen LogP contribution in [0.25, 0.3) is 0 Å². The number of benzene rings is 2. The van der Waals surface area contributed by atoms with Crippen molar-refractivity contribution in [3.63, 3.8) is 0 Å². The Hall–Kier alpha value is -2.66. The average Bonchev–Trinajstić information content (AvgIpc) is 2.67. The van der Waals surface area contributed by atoms with E-state index in [-0.39, 0.29) is 12.0 Å². The molecule has 5 heteroatoms. The number of rotatable bonds is 5. The highest BCUT2D eigenvalue weighted by Gasteiger charge is 2.24. The number of carbonyl (C=O) groups is 2. The highest BCUT2D eigenvalue weighted by atomic mass is 16.5. The molecule has 2 aromatic carbocycles. The van der Waals surface area contributed by atoms with Gasteiger partial charge in [0, 0.05) is 24.2 Å². The molecule has 0 spiro atoms. The van der Waals surface area contributed by atoms with Crippen LogP contribution < -0.4 is 5.73 Å². The summed E-state index contributed by atoms with van der Waals surface area (Å²) in [5.74, 6) is -0.507. The molecule has 1 aliphatic heterocycles. The molecule has 0 aromatic heterocycles. The summed E-state index contributed by atoms with van der Waals surface area (Å²) >= 11 is 0. The number of hydrogen-bond donors (Lipinski definition) is 1. The van der Waals surface area contributed by atoms with E-state index in [0.717, 1.165) is 18.4 Å². The molecule has 2 aromatic rings. The van der Waals surface area contributed by atoms with Crippen molar-refractivity contribution in [1.82, 2.24) is 4.90 Å². The Bertz CT molecular complexity index is 720. The van der Waals surface area contributed by atoms with Gasteiger partial charge in [-0.1, -0.05) is 30.3 Å². The molecule has 25 heavy (non-hydrogen) atoms. The second-order valence-corrected chi connectivity index (χ2v) is 6.23. The summed E-state index contributed by atoms with van der Waals surface area (Å²) < 4.78 is 5.96. The number of piperidine rings is 1. The summed E-state index contributed by atoms with van der Waals surface area (Å²) in [5, 5.41) is 0. The quantitative estimate of drug-likeness (QED) is 0.911. The van der Waals surface area contributed by atoms with E-state index in [4.69, 9.17) is 10.5 Å². The minimum absolute atomic E-state index is 0.0162. The third-order valence-electron chi connectivity index (χ3n) is 4.47. The number of amides is 2. The first-order valence-electron chi connectivity index (χ1n) is 8.48. The highest BCUT2D eigenvalue weighted by molar-refractivity contribution is 5.97. The van der Waals surface area contributed by atoms with E-state index in [0.29, 0.717) is 30.8 Å². The van der Waals surface area contributed by atoms with E-state index in [1.165, 1.54) is 0 Å². The molecule has 2 N–H and O–H groups in total. The predicted molar refractivity (Wildman–Crippen MR) is 95.1 cm³/mol. The van der Waals surface area contributed by atoms with Crippen molar-refractivity contribution >= 4 is 11.8 Å². The van der Waals surface area contributed by atoms with Gasteiger partial charge in [-0.15, -0.1) is 0 Å². The number of primary amides is 1. The van der Waals surface area contributed by atoms with Gasteiger partial charge in [0.2, 0.25) is 5.91 Å². The molecule has 0 bridgehead atoms. The van der Waals surface area contributed by atoms with Gasteiger partial charge in [-0.05, 0) is 42.7 Å². The average molecular weight is 338 g/mol. The lowest BCUT2D eigenvalue weighted by Gasteiger charge is -2.32. The topological polar surface area (TPSA) is 72.6 Å². The highest BCUT2D eigenvalue weighted by Crippen LogP contribution is 2.18. The van der Waals surface area contributed by atoms with Gasteiger partial charge in [-0.25, -0.2) is 0 Å². The Balaban J connectivity index is 1.49. The zero-order valence-corrected chi connectivity index (χ0v) is 14.1. The molecule has 130 valence electrons. The standard InChI is InChI=1S/C20H22N2O3/c21-19(23)16-6-8-17(9-7-16)20(24)22-12-10-18(11-13-22)25-14-15-4-2-1-3-5-15/h1-9,18H,10-14H2,(H2,21,23). The molecule has 5 nitrogen and oxygen atoms in total. The maximum absolute atomic E-state index is 12.5. The molecule has 0 aliphatic carbocycles.